The largest absolute Gasteiger partial charge is 0.355 e. The fourth-order valence-electron chi connectivity index (χ4n) is 3.65. The van der Waals surface area contributed by atoms with Crippen LogP contribution >= 0.6 is 0 Å². The summed E-state index contributed by atoms with van der Waals surface area (Å²) < 4.78 is 26.7. The van der Waals surface area contributed by atoms with Gasteiger partial charge in [0.25, 0.3) is 0 Å². The number of halogens is 2. The average molecular weight is 460 g/mol. The van der Waals surface area contributed by atoms with Crippen molar-refractivity contribution in [3.8, 4) is 0 Å². The molecule has 1 fully saturated rings. The van der Waals surface area contributed by atoms with Crippen LogP contribution in [0.25, 0.3) is 0 Å². The van der Waals surface area contributed by atoms with Crippen molar-refractivity contribution < 1.29 is 18.4 Å². The minimum absolute atomic E-state index is 0.199. The Hall–Kier alpha value is -3.10. The molecule has 0 spiro atoms. The van der Waals surface area contributed by atoms with Gasteiger partial charge in [-0.3, -0.25) is 9.59 Å². The first-order chi connectivity index (χ1) is 15.9. The van der Waals surface area contributed by atoms with Crippen LogP contribution in [0.1, 0.15) is 51.5 Å². The molecule has 1 aromatic carbocycles. The summed E-state index contributed by atoms with van der Waals surface area (Å²) in [6.07, 6.45) is 7.51. The molecule has 1 heterocycles. The lowest BCUT2D eigenvalue weighted by Gasteiger charge is -2.23. The second kappa shape index (κ2) is 11.7. The van der Waals surface area contributed by atoms with Gasteiger partial charge in [0.2, 0.25) is 11.8 Å². The summed E-state index contributed by atoms with van der Waals surface area (Å²) in [6, 6.07) is 2.14. The Morgan fingerprint density at radius 1 is 1.09 bits per heavy atom. The molecular formula is C24H31F2N5O2. The van der Waals surface area contributed by atoms with Gasteiger partial charge < -0.3 is 15.5 Å². The molecule has 0 aliphatic heterocycles. The number of aromatic nitrogens is 2. The van der Waals surface area contributed by atoms with Crippen molar-refractivity contribution in [3.63, 3.8) is 0 Å². The van der Waals surface area contributed by atoms with Crippen LogP contribution in [0.2, 0.25) is 0 Å². The minimum atomic E-state index is -0.797. The van der Waals surface area contributed by atoms with Crippen LogP contribution in [0.4, 0.5) is 20.4 Å². The number of hydrogen-bond acceptors (Lipinski definition) is 5. The SMILES string of the molecule is CCCC(NC(=O)Cc1cc(F)cc(F)c1)C(=O)Nc1cnc(N(CCC)CC2CC2)cn1. The highest BCUT2D eigenvalue weighted by atomic mass is 19.1. The van der Waals surface area contributed by atoms with E-state index in [2.05, 4.69) is 32.4 Å². The van der Waals surface area contributed by atoms with Gasteiger partial charge in [-0.05, 0) is 49.3 Å². The highest BCUT2D eigenvalue weighted by Crippen LogP contribution is 2.31. The van der Waals surface area contributed by atoms with Gasteiger partial charge in [0.1, 0.15) is 23.5 Å². The lowest BCUT2D eigenvalue weighted by Crippen LogP contribution is -2.44. The molecule has 33 heavy (non-hydrogen) atoms. The summed E-state index contributed by atoms with van der Waals surface area (Å²) in [6.45, 7) is 5.88. The van der Waals surface area contributed by atoms with Crippen LogP contribution in [-0.2, 0) is 16.0 Å². The maximum Gasteiger partial charge on any atom is 0.248 e. The van der Waals surface area contributed by atoms with E-state index in [1.165, 1.54) is 19.0 Å². The Bertz CT molecular complexity index is 930. The Morgan fingerprint density at radius 3 is 2.39 bits per heavy atom. The molecule has 1 aromatic heterocycles. The van der Waals surface area contributed by atoms with Gasteiger partial charge in [0.05, 0.1) is 18.8 Å². The Kier molecular flexibility index (Phi) is 8.68. The summed E-state index contributed by atoms with van der Waals surface area (Å²) in [5.41, 5.74) is 0.199. The van der Waals surface area contributed by atoms with Crippen LogP contribution in [0.3, 0.4) is 0 Å². The van der Waals surface area contributed by atoms with Crippen molar-refractivity contribution in [2.24, 2.45) is 5.92 Å². The smallest absolute Gasteiger partial charge is 0.248 e. The molecule has 0 saturated heterocycles. The zero-order chi connectivity index (χ0) is 23.8. The third-order valence-corrected chi connectivity index (χ3v) is 5.40. The van der Waals surface area contributed by atoms with E-state index in [1.807, 2.05) is 6.92 Å². The van der Waals surface area contributed by atoms with Crippen molar-refractivity contribution in [2.45, 2.75) is 58.4 Å². The number of hydrogen-bond donors (Lipinski definition) is 2. The molecule has 1 saturated carbocycles. The summed E-state index contributed by atoms with van der Waals surface area (Å²) in [5.74, 6) is -0.613. The molecule has 1 unspecified atom stereocenters. The molecular weight excluding hydrogens is 428 g/mol. The van der Waals surface area contributed by atoms with Gasteiger partial charge in [0, 0.05) is 19.2 Å². The lowest BCUT2D eigenvalue weighted by atomic mass is 10.1. The van der Waals surface area contributed by atoms with Crippen molar-refractivity contribution in [1.29, 1.82) is 0 Å². The molecule has 2 N–H and O–H groups in total. The first kappa shape index (κ1) is 24.5. The number of carbonyl (C=O) groups is 2. The zero-order valence-corrected chi connectivity index (χ0v) is 19.1. The first-order valence-electron chi connectivity index (χ1n) is 11.5. The number of nitrogens with zero attached hydrogens (tertiary/aromatic N) is 3. The van der Waals surface area contributed by atoms with Crippen LogP contribution in [-0.4, -0.2) is 40.9 Å². The third-order valence-electron chi connectivity index (χ3n) is 5.40. The number of nitrogens with one attached hydrogen (secondary N) is 2. The fourth-order valence-corrected chi connectivity index (χ4v) is 3.65. The number of carbonyl (C=O) groups excluding carboxylic acids is 2. The molecule has 3 rings (SSSR count). The van der Waals surface area contributed by atoms with E-state index in [0.717, 1.165) is 49.4 Å². The number of amides is 2. The maximum atomic E-state index is 13.4. The molecule has 1 aliphatic rings. The van der Waals surface area contributed by atoms with Crippen molar-refractivity contribution in [1.82, 2.24) is 15.3 Å². The monoisotopic (exact) mass is 459 g/mol. The minimum Gasteiger partial charge on any atom is -0.355 e. The predicted molar refractivity (Wildman–Crippen MR) is 123 cm³/mol. The third kappa shape index (κ3) is 7.76. The number of anilines is 2. The summed E-state index contributed by atoms with van der Waals surface area (Å²) >= 11 is 0. The van der Waals surface area contributed by atoms with E-state index in [-0.39, 0.29) is 12.0 Å². The van der Waals surface area contributed by atoms with Crippen LogP contribution in [0, 0.1) is 17.6 Å². The lowest BCUT2D eigenvalue weighted by molar-refractivity contribution is -0.126. The van der Waals surface area contributed by atoms with E-state index in [9.17, 15) is 18.4 Å². The molecule has 0 bridgehead atoms. The number of rotatable bonds is 12. The Morgan fingerprint density at radius 2 is 1.82 bits per heavy atom. The predicted octanol–water partition coefficient (Wildman–Crippen LogP) is 3.85. The summed E-state index contributed by atoms with van der Waals surface area (Å²) in [5, 5.41) is 5.35. The van der Waals surface area contributed by atoms with Gasteiger partial charge in [-0.15, -0.1) is 0 Å². The molecule has 0 radical (unpaired) electrons. The van der Waals surface area contributed by atoms with Gasteiger partial charge in [-0.1, -0.05) is 20.3 Å². The second-order valence-corrected chi connectivity index (χ2v) is 8.50. The highest BCUT2D eigenvalue weighted by Gasteiger charge is 2.25. The molecule has 7 nitrogen and oxygen atoms in total. The van der Waals surface area contributed by atoms with E-state index < -0.39 is 29.5 Å². The van der Waals surface area contributed by atoms with E-state index >= 15 is 0 Å². The fraction of sp³-hybridized carbons (Fsp3) is 0.500. The molecule has 1 atom stereocenters. The van der Waals surface area contributed by atoms with Crippen LogP contribution < -0.4 is 15.5 Å². The first-order valence-corrected chi connectivity index (χ1v) is 11.5. The van der Waals surface area contributed by atoms with E-state index in [4.69, 9.17) is 0 Å². The average Bonchev–Trinajstić information content (AvgIpc) is 3.57. The highest BCUT2D eigenvalue weighted by molar-refractivity contribution is 5.96. The Balaban J connectivity index is 1.59. The molecule has 9 heteroatoms. The van der Waals surface area contributed by atoms with Crippen LogP contribution in [0.15, 0.2) is 30.6 Å². The zero-order valence-electron chi connectivity index (χ0n) is 19.1. The van der Waals surface area contributed by atoms with Gasteiger partial charge in [0.15, 0.2) is 5.82 Å². The quantitative estimate of drug-likeness (QED) is 0.504. The van der Waals surface area contributed by atoms with Crippen molar-refractivity contribution >= 4 is 23.5 Å². The molecule has 178 valence electrons. The van der Waals surface area contributed by atoms with E-state index in [0.29, 0.717) is 18.7 Å². The molecule has 1 aliphatic carbocycles. The summed E-state index contributed by atoms with van der Waals surface area (Å²) in [4.78, 5) is 36.1. The standard InChI is InChI=1S/C24H31F2N5O2/c1-3-5-20(29-23(32)11-17-9-18(25)12-19(26)10-17)24(33)30-21-13-28-22(14-27-21)31(8-4-2)15-16-6-7-16/h9-10,12-14,16,20H,3-8,11,15H2,1-2H3,(H,29,32)(H,27,30,33). The van der Waals surface area contributed by atoms with E-state index in [1.54, 1.807) is 6.20 Å². The van der Waals surface area contributed by atoms with Crippen molar-refractivity contribution in [3.05, 3.63) is 47.8 Å². The summed E-state index contributed by atoms with van der Waals surface area (Å²) in [7, 11) is 0. The second-order valence-electron chi connectivity index (χ2n) is 8.50. The van der Waals surface area contributed by atoms with Gasteiger partial charge in [-0.25, -0.2) is 18.7 Å². The number of benzene rings is 1. The van der Waals surface area contributed by atoms with Crippen LogP contribution in [0.5, 0.6) is 0 Å². The molecule has 2 aromatic rings. The normalized spacial score (nSPS) is 13.9. The van der Waals surface area contributed by atoms with Crippen molar-refractivity contribution in [2.75, 3.05) is 23.3 Å². The molecule has 2 amide bonds. The van der Waals surface area contributed by atoms with Gasteiger partial charge in [-0.2, -0.15) is 0 Å². The maximum absolute atomic E-state index is 13.4. The Labute approximate surface area is 193 Å². The topological polar surface area (TPSA) is 87.2 Å². The van der Waals surface area contributed by atoms with Gasteiger partial charge >= 0.3 is 0 Å².